The third kappa shape index (κ3) is 4.71. The fraction of sp³-hybridized carbons (Fsp3) is 0.750. The van der Waals surface area contributed by atoms with Gasteiger partial charge in [-0.05, 0) is 13.8 Å². The summed E-state index contributed by atoms with van der Waals surface area (Å²) in [5.41, 5.74) is 0. The number of rotatable bonds is 4. The largest absolute Gasteiger partial charge is 0.464 e. The Morgan fingerprint density at radius 3 is 2.67 bits per heavy atom. The Bertz CT molecular complexity index is 166. The van der Waals surface area contributed by atoms with Crippen molar-refractivity contribution < 1.29 is 9.53 Å². The van der Waals surface area contributed by atoms with Crippen molar-refractivity contribution in [3.05, 3.63) is 0 Å². The first-order valence-electron chi connectivity index (χ1n) is 3.94. The van der Waals surface area contributed by atoms with E-state index >= 15 is 0 Å². The molecule has 0 rings (SSSR count). The number of nitrogens with zero attached hydrogens (tertiary/aromatic N) is 2. The zero-order chi connectivity index (χ0) is 9.56. The third-order valence-electron chi connectivity index (χ3n) is 1.15. The van der Waals surface area contributed by atoms with E-state index < -0.39 is 6.04 Å². The summed E-state index contributed by atoms with van der Waals surface area (Å²) in [6.07, 6.45) is 1.60. The third-order valence-corrected chi connectivity index (χ3v) is 1.15. The Hall–Kier alpha value is -1.06. The van der Waals surface area contributed by atoms with Crippen molar-refractivity contribution >= 4 is 12.3 Å². The van der Waals surface area contributed by atoms with Crippen LogP contribution in [0.4, 0.5) is 0 Å². The lowest BCUT2D eigenvalue weighted by Gasteiger charge is -2.07. The highest BCUT2D eigenvalue weighted by Crippen LogP contribution is 1.92. The molecule has 1 atom stereocenters. The number of esters is 1. The van der Waals surface area contributed by atoms with E-state index in [2.05, 4.69) is 4.99 Å². The van der Waals surface area contributed by atoms with Crippen LogP contribution in [0.5, 0.6) is 0 Å². The van der Waals surface area contributed by atoms with Crippen LogP contribution in [0.25, 0.3) is 0 Å². The fourth-order valence-corrected chi connectivity index (χ4v) is 0.557. The van der Waals surface area contributed by atoms with E-state index in [1.54, 1.807) is 25.1 Å². The molecule has 0 radical (unpaired) electrons. The Balaban J connectivity index is 3.86. The van der Waals surface area contributed by atoms with Gasteiger partial charge in [-0.25, -0.2) is 4.79 Å². The first kappa shape index (κ1) is 10.9. The van der Waals surface area contributed by atoms with Crippen LogP contribution in [0.15, 0.2) is 4.99 Å². The fourth-order valence-electron chi connectivity index (χ4n) is 0.557. The molecule has 0 heterocycles. The standard InChI is InChI=1S/C8H16N2O2/c1-5-12-8(11)7(2)9-6-10(3)4/h6-7H,5H2,1-4H3. The van der Waals surface area contributed by atoms with Gasteiger partial charge in [-0.2, -0.15) is 0 Å². The van der Waals surface area contributed by atoms with Crippen LogP contribution in [0.2, 0.25) is 0 Å². The summed E-state index contributed by atoms with van der Waals surface area (Å²) in [5.74, 6) is -0.282. The van der Waals surface area contributed by atoms with Gasteiger partial charge in [-0.1, -0.05) is 0 Å². The molecule has 0 N–H and O–H groups in total. The molecule has 0 aliphatic carbocycles. The van der Waals surface area contributed by atoms with Crippen molar-refractivity contribution in [1.82, 2.24) is 4.90 Å². The lowest BCUT2D eigenvalue weighted by Crippen LogP contribution is -2.20. The first-order valence-corrected chi connectivity index (χ1v) is 3.94. The zero-order valence-corrected chi connectivity index (χ0v) is 8.07. The molecule has 0 fully saturated rings. The molecule has 0 aliphatic rings. The van der Waals surface area contributed by atoms with Crippen molar-refractivity contribution in [2.75, 3.05) is 20.7 Å². The summed E-state index contributed by atoms with van der Waals surface area (Å²) in [6, 6.07) is -0.410. The highest BCUT2D eigenvalue weighted by atomic mass is 16.5. The van der Waals surface area contributed by atoms with Crippen molar-refractivity contribution in [2.24, 2.45) is 4.99 Å². The lowest BCUT2D eigenvalue weighted by molar-refractivity contribution is -0.144. The van der Waals surface area contributed by atoms with Gasteiger partial charge in [0.2, 0.25) is 0 Å². The molecule has 0 bridgehead atoms. The van der Waals surface area contributed by atoms with Gasteiger partial charge in [0.15, 0.2) is 0 Å². The minimum Gasteiger partial charge on any atom is -0.464 e. The predicted molar refractivity (Wildman–Crippen MR) is 48.3 cm³/mol. The topological polar surface area (TPSA) is 41.9 Å². The summed E-state index contributed by atoms with van der Waals surface area (Å²) in [7, 11) is 3.70. The zero-order valence-electron chi connectivity index (χ0n) is 8.07. The number of carbonyl (C=O) groups is 1. The maximum Gasteiger partial charge on any atom is 0.330 e. The van der Waals surface area contributed by atoms with Gasteiger partial charge in [0.25, 0.3) is 0 Å². The average Bonchev–Trinajstić information content (AvgIpc) is 2.00. The Morgan fingerprint density at radius 1 is 1.67 bits per heavy atom. The van der Waals surface area contributed by atoms with E-state index in [0.717, 1.165) is 0 Å². The van der Waals surface area contributed by atoms with E-state index in [1.165, 1.54) is 0 Å². The van der Waals surface area contributed by atoms with Gasteiger partial charge in [-0.3, -0.25) is 4.99 Å². The van der Waals surface area contributed by atoms with E-state index in [0.29, 0.717) is 6.61 Å². The highest BCUT2D eigenvalue weighted by molar-refractivity contribution is 5.77. The molecule has 4 nitrogen and oxygen atoms in total. The molecule has 0 aromatic carbocycles. The van der Waals surface area contributed by atoms with Gasteiger partial charge in [0.05, 0.1) is 12.9 Å². The molecule has 12 heavy (non-hydrogen) atoms. The molecule has 1 unspecified atom stereocenters. The minimum absolute atomic E-state index is 0.282. The Morgan fingerprint density at radius 2 is 2.25 bits per heavy atom. The van der Waals surface area contributed by atoms with Gasteiger partial charge >= 0.3 is 5.97 Å². The van der Waals surface area contributed by atoms with E-state index in [1.807, 2.05) is 14.1 Å². The molecular formula is C8H16N2O2. The maximum absolute atomic E-state index is 11.0. The van der Waals surface area contributed by atoms with E-state index in [-0.39, 0.29) is 5.97 Å². The molecule has 70 valence electrons. The molecule has 0 spiro atoms. The SMILES string of the molecule is CCOC(=O)C(C)N=CN(C)C. The van der Waals surface area contributed by atoms with Crippen LogP contribution < -0.4 is 0 Å². The van der Waals surface area contributed by atoms with Crippen molar-refractivity contribution in [3.63, 3.8) is 0 Å². The van der Waals surface area contributed by atoms with Crippen molar-refractivity contribution in [3.8, 4) is 0 Å². The Labute approximate surface area is 73.2 Å². The minimum atomic E-state index is -0.410. The molecule has 0 saturated carbocycles. The maximum atomic E-state index is 11.0. The van der Waals surface area contributed by atoms with Gasteiger partial charge < -0.3 is 9.64 Å². The summed E-state index contributed by atoms with van der Waals surface area (Å²) < 4.78 is 4.76. The second kappa shape index (κ2) is 5.57. The van der Waals surface area contributed by atoms with E-state index in [9.17, 15) is 4.79 Å². The van der Waals surface area contributed by atoms with E-state index in [4.69, 9.17) is 4.74 Å². The molecule has 0 saturated heterocycles. The summed E-state index contributed by atoms with van der Waals surface area (Å²) in [5, 5.41) is 0. The lowest BCUT2D eigenvalue weighted by atomic mass is 10.4. The molecule has 0 aromatic rings. The van der Waals surface area contributed by atoms with Crippen LogP contribution in [0.3, 0.4) is 0 Å². The number of aliphatic imine (C=N–C) groups is 1. The highest BCUT2D eigenvalue weighted by Gasteiger charge is 2.10. The van der Waals surface area contributed by atoms with Crippen molar-refractivity contribution in [1.29, 1.82) is 0 Å². The molecule has 0 aliphatic heterocycles. The number of hydrogen-bond acceptors (Lipinski definition) is 3. The summed E-state index contributed by atoms with van der Waals surface area (Å²) in [4.78, 5) is 16.7. The van der Waals surface area contributed by atoms with Crippen LogP contribution in [-0.2, 0) is 9.53 Å². The second-order valence-corrected chi connectivity index (χ2v) is 2.66. The van der Waals surface area contributed by atoms with Crippen LogP contribution in [-0.4, -0.2) is 44.0 Å². The average molecular weight is 172 g/mol. The van der Waals surface area contributed by atoms with Gasteiger partial charge in [0, 0.05) is 14.1 Å². The monoisotopic (exact) mass is 172 g/mol. The smallest absolute Gasteiger partial charge is 0.330 e. The molecule has 0 aromatic heterocycles. The van der Waals surface area contributed by atoms with Crippen molar-refractivity contribution in [2.45, 2.75) is 19.9 Å². The van der Waals surface area contributed by atoms with Crippen LogP contribution >= 0.6 is 0 Å². The summed E-state index contributed by atoms with van der Waals surface area (Å²) >= 11 is 0. The Kier molecular flexibility index (Phi) is 5.08. The second-order valence-electron chi connectivity index (χ2n) is 2.66. The first-order chi connectivity index (χ1) is 5.57. The number of carbonyl (C=O) groups excluding carboxylic acids is 1. The van der Waals surface area contributed by atoms with Crippen LogP contribution in [0.1, 0.15) is 13.8 Å². The predicted octanol–water partition coefficient (Wildman–Crippen LogP) is 0.528. The molecular weight excluding hydrogens is 156 g/mol. The summed E-state index contributed by atoms with van der Waals surface area (Å²) in [6.45, 7) is 3.89. The van der Waals surface area contributed by atoms with Crippen LogP contribution in [0, 0.1) is 0 Å². The quantitative estimate of drug-likeness (QED) is 0.353. The van der Waals surface area contributed by atoms with Gasteiger partial charge in [0.1, 0.15) is 6.04 Å². The molecule has 4 heteroatoms. The number of ether oxygens (including phenoxy) is 1. The molecule has 0 amide bonds. The van der Waals surface area contributed by atoms with Gasteiger partial charge in [-0.15, -0.1) is 0 Å². The number of hydrogen-bond donors (Lipinski definition) is 0. The normalized spacial score (nSPS) is 13.0.